The number of aromatic nitrogens is 1. The van der Waals surface area contributed by atoms with Crippen LogP contribution in [0.1, 0.15) is 5.56 Å². The lowest BCUT2D eigenvalue weighted by molar-refractivity contribution is 0.173. The summed E-state index contributed by atoms with van der Waals surface area (Å²) in [4.78, 5) is 4.00. The van der Waals surface area contributed by atoms with E-state index < -0.39 is 0 Å². The van der Waals surface area contributed by atoms with Crippen molar-refractivity contribution < 1.29 is 14.2 Å². The van der Waals surface area contributed by atoms with Gasteiger partial charge in [0.25, 0.3) is 0 Å². The van der Waals surface area contributed by atoms with Gasteiger partial charge in [0.1, 0.15) is 18.2 Å². The van der Waals surface area contributed by atoms with E-state index in [1.54, 1.807) is 12.3 Å². The standard InChI is InChI=1S/C13H12N2O3/c14-13-4-1-9(6-15-13)7-16-10-2-3-11-12(5-10)18-8-17-11/h1-6H,7-8H2,(H2,14,15). The van der Waals surface area contributed by atoms with Crippen molar-refractivity contribution >= 4 is 5.82 Å². The largest absolute Gasteiger partial charge is 0.489 e. The molecule has 0 atom stereocenters. The molecule has 5 nitrogen and oxygen atoms in total. The maximum atomic E-state index is 5.64. The van der Waals surface area contributed by atoms with Crippen LogP contribution >= 0.6 is 0 Å². The Balaban J connectivity index is 1.68. The number of hydrogen-bond acceptors (Lipinski definition) is 5. The van der Waals surface area contributed by atoms with Gasteiger partial charge in [0.05, 0.1) is 0 Å². The molecule has 3 rings (SSSR count). The van der Waals surface area contributed by atoms with E-state index in [-0.39, 0.29) is 6.79 Å². The summed E-state index contributed by atoms with van der Waals surface area (Å²) in [6, 6.07) is 9.12. The van der Waals surface area contributed by atoms with Crippen molar-refractivity contribution in [3.8, 4) is 17.2 Å². The lowest BCUT2D eigenvalue weighted by atomic mass is 10.3. The number of pyridine rings is 1. The second kappa shape index (κ2) is 4.44. The Kier molecular flexibility index (Phi) is 2.64. The average molecular weight is 244 g/mol. The van der Waals surface area contributed by atoms with Crippen LogP contribution in [0.4, 0.5) is 5.82 Å². The van der Waals surface area contributed by atoms with Crippen LogP contribution in [0.25, 0.3) is 0 Å². The van der Waals surface area contributed by atoms with Crippen LogP contribution in [-0.4, -0.2) is 11.8 Å². The summed E-state index contributed by atoms with van der Waals surface area (Å²) in [5.74, 6) is 2.69. The van der Waals surface area contributed by atoms with Crippen molar-refractivity contribution in [2.24, 2.45) is 0 Å². The fourth-order valence-electron chi connectivity index (χ4n) is 1.65. The molecule has 0 bridgehead atoms. The first-order chi connectivity index (χ1) is 8.81. The number of nitrogens with zero attached hydrogens (tertiary/aromatic N) is 1. The molecule has 0 saturated heterocycles. The van der Waals surface area contributed by atoms with Gasteiger partial charge in [-0.1, -0.05) is 6.07 Å². The quantitative estimate of drug-likeness (QED) is 0.894. The molecule has 2 aromatic rings. The molecule has 1 aromatic heterocycles. The molecule has 0 amide bonds. The molecule has 0 saturated carbocycles. The Morgan fingerprint density at radius 2 is 2.06 bits per heavy atom. The zero-order valence-corrected chi connectivity index (χ0v) is 9.63. The minimum absolute atomic E-state index is 0.265. The minimum Gasteiger partial charge on any atom is -0.489 e. The second-order valence-corrected chi connectivity index (χ2v) is 3.90. The number of nitrogens with two attached hydrogens (primary N) is 1. The normalized spacial score (nSPS) is 12.4. The molecular formula is C13H12N2O3. The van der Waals surface area contributed by atoms with Gasteiger partial charge in [0, 0.05) is 17.8 Å². The predicted molar refractivity (Wildman–Crippen MR) is 65.5 cm³/mol. The molecule has 0 radical (unpaired) electrons. The van der Waals surface area contributed by atoms with Gasteiger partial charge in [-0.2, -0.15) is 0 Å². The molecule has 92 valence electrons. The van der Waals surface area contributed by atoms with Crippen molar-refractivity contribution in [2.75, 3.05) is 12.5 Å². The van der Waals surface area contributed by atoms with Gasteiger partial charge in [-0.3, -0.25) is 0 Å². The monoisotopic (exact) mass is 244 g/mol. The second-order valence-electron chi connectivity index (χ2n) is 3.90. The average Bonchev–Trinajstić information content (AvgIpc) is 2.85. The first-order valence-electron chi connectivity index (χ1n) is 5.54. The van der Waals surface area contributed by atoms with Gasteiger partial charge in [0.2, 0.25) is 6.79 Å². The van der Waals surface area contributed by atoms with E-state index in [4.69, 9.17) is 19.9 Å². The summed E-state index contributed by atoms with van der Waals surface area (Å²) in [7, 11) is 0. The third-order valence-corrected chi connectivity index (χ3v) is 2.60. The van der Waals surface area contributed by atoms with Crippen LogP contribution in [-0.2, 0) is 6.61 Å². The van der Waals surface area contributed by atoms with Crippen LogP contribution in [0.5, 0.6) is 17.2 Å². The van der Waals surface area contributed by atoms with E-state index in [0.29, 0.717) is 18.2 Å². The third-order valence-electron chi connectivity index (χ3n) is 2.60. The number of rotatable bonds is 3. The van der Waals surface area contributed by atoms with Crippen LogP contribution < -0.4 is 19.9 Å². The molecule has 1 aromatic carbocycles. The molecule has 0 spiro atoms. The zero-order chi connectivity index (χ0) is 12.4. The fourth-order valence-corrected chi connectivity index (χ4v) is 1.65. The van der Waals surface area contributed by atoms with Crippen molar-refractivity contribution in [1.82, 2.24) is 4.98 Å². The van der Waals surface area contributed by atoms with Gasteiger partial charge in [-0.15, -0.1) is 0 Å². The Hall–Kier alpha value is -2.43. The number of anilines is 1. The van der Waals surface area contributed by atoms with Crippen LogP contribution in [0.15, 0.2) is 36.5 Å². The highest BCUT2D eigenvalue weighted by Crippen LogP contribution is 2.35. The first kappa shape index (κ1) is 10.7. The zero-order valence-electron chi connectivity index (χ0n) is 9.63. The maximum Gasteiger partial charge on any atom is 0.231 e. The highest BCUT2D eigenvalue weighted by molar-refractivity contribution is 5.46. The van der Waals surface area contributed by atoms with E-state index in [1.165, 1.54) is 0 Å². The number of benzene rings is 1. The van der Waals surface area contributed by atoms with Gasteiger partial charge >= 0.3 is 0 Å². The first-order valence-corrected chi connectivity index (χ1v) is 5.54. The summed E-state index contributed by atoms with van der Waals surface area (Å²) >= 11 is 0. The Labute approximate surface area is 104 Å². The lowest BCUT2D eigenvalue weighted by Crippen LogP contribution is -1.97. The van der Waals surface area contributed by atoms with Crippen LogP contribution in [0.3, 0.4) is 0 Å². The summed E-state index contributed by atoms with van der Waals surface area (Å²) < 4.78 is 16.1. The molecule has 2 N–H and O–H groups in total. The topological polar surface area (TPSA) is 66.6 Å². The smallest absolute Gasteiger partial charge is 0.231 e. The van der Waals surface area contributed by atoms with E-state index in [2.05, 4.69) is 4.98 Å². The molecule has 5 heteroatoms. The highest BCUT2D eigenvalue weighted by Gasteiger charge is 2.13. The summed E-state index contributed by atoms with van der Waals surface area (Å²) in [5.41, 5.74) is 6.47. The van der Waals surface area contributed by atoms with Crippen molar-refractivity contribution in [1.29, 1.82) is 0 Å². The number of nitrogen functional groups attached to an aromatic ring is 1. The molecule has 1 aliphatic rings. The summed E-state index contributed by atoms with van der Waals surface area (Å²) in [6.45, 7) is 0.702. The SMILES string of the molecule is Nc1ccc(COc2ccc3c(c2)OCO3)cn1. The molecule has 0 fully saturated rings. The Bertz CT molecular complexity index is 555. The lowest BCUT2D eigenvalue weighted by Gasteiger charge is -2.06. The van der Waals surface area contributed by atoms with Gasteiger partial charge in [-0.05, 0) is 18.2 Å². The third kappa shape index (κ3) is 2.15. The minimum atomic E-state index is 0.265. The number of hydrogen-bond donors (Lipinski definition) is 1. The molecule has 18 heavy (non-hydrogen) atoms. The van der Waals surface area contributed by atoms with Crippen molar-refractivity contribution in [3.63, 3.8) is 0 Å². The van der Waals surface area contributed by atoms with E-state index in [1.807, 2.05) is 24.3 Å². The molecule has 0 aliphatic carbocycles. The molecule has 2 heterocycles. The number of ether oxygens (including phenoxy) is 3. The molecule has 1 aliphatic heterocycles. The predicted octanol–water partition coefficient (Wildman–Crippen LogP) is 1.97. The highest BCUT2D eigenvalue weighted by atomic mass is 16.7. The van der Waals surface area contributed by atoms with E-state index in [0.717, 1.165) is 17.1 Å². The maximum absolute atomic E-state index is 5.64. The number of fused-ring (bicyclic) bond motifs is 1. The molecular weight excluding hydrogens is 232 g/mol. The Morgan fingerprint density at radius 1 is 1.17 bits per heavy atom. The summed E-state index contributed by atoms with van der Waals surface area (Å²) in [5, 5.41) is 0. The molecule has 0 unspecified atom stereocenters. The van der Waals surface area contributed by atoms with E-state index >= 15 is 0 Å². The van der Waals surface area contributed by atoms with Crippen LogP contribution in [0, 0.1) is 0 Å². The van der Waals surface area contributed by atoms with Gasteiger partial charge in [-0.25, -0.2) is 4.98 Å². The van der Waals surface area contributed by atoms with Crippen molar-refractivity contribution in [2.45, 2.75) is 6.61 Å². The fraction of sp³-hybridized carbons (Fsp3) is 0.154. The van der Waals surface area contributed by atoms with Crippen LogP contribution in [0.2, 0.25) is 0 Å². The van der Waals surface area contributed by atoms with Gasteiger partial charge in [0.15, 0.2) is 11.5 Å². The summed E-state index contributed by atoms with van der Waals surface area (Å²) in [6.07, 6.45) is 1.70. The Morgan fingerprint density at radius 3 is 2.89 bits per heavy atom. The van der Waals surface area contributed by atoms with Crippen molar-refractivity contribution in [3.05, 3.63) is 42.1 Å². The van der Waals surface area contributed by atoms with E-state index in [9.17, 15) is 0 Å². The van der Waals surface area contributed by atoms with Gasteiger partial charge < -0.3 is 19.9 Å².